The number of phenolic OH excluding ortho intramolecular Hbond substituents is 1. The summed E-state index contributed by atoms with van der Waals surface area (Å²) in [6.45, 7) is 9.99. The molecule has 2 aromatic carbocycles. The molecule has 1 aromatic heterocycles. The standard InChI is InChI=1S/C25H32N6O3/c1-14-9-18(10-15(2)22(14)32)11-27-24-21(23(26)33)25(30-29-24)28-19-5-7-20(8-6-19)31-12-16(3)34-17(4)13-31/h5-10,16-17,32H,11-13H2,1-4H3,(H2,26,33)(H3,27,28,29,30)/t16-,17+. The van der Waals surface area contributed by atoms with Crippen molar-refractivity contribution < 1.29 is 14.6 Å². The molecule has 0 spiro atoms. The maximum absolute atomic E-state index is 12.2. The summed E-state index contributed by atoms with van der Waals surface area (Å²) in [5.41, 5.74) is 10.4. The number of H-pyrrole nitrogens is 1. The van der Waals surface area contributed by atoms with E-state index >= 15 is 0 Å². The Morgan fingerprint density at radius 2 is 1.79 bits per heavy atom. The Morgan fingerprint density at radius 3 is 2.38 bits per heavy atom. The van der Waals surface area contributed by atoms with Crippen LogP contribution in [0.5, 0.6) is 5.75 Å². The van der Waals surface area contributed by atoms with Crippen LogP contribution in [0.1, 0.15) is 40.9 Å². The first-order valence-electron chi connectivity index (χ1n) is 11.4. The van der Waals surface area contributed by atoms with Gasteiger partial charge < -0.3 is 31.1 Å². The number of anilines is 4. The average molecular weight is 465 g/mol. The van der Waals surface area contributed by atoms with Crippen LogP contribution < -0.4 is 21.3 Å². The first-order chi connectivity index (χ1) is 16.2. The number of aromatic hydroxyl groups is 1. The molecule has 9 heteroatoms. The van der Waals surface area contributed by atoms with E-state index in [1.807, 2.05) is 50.2 Å². The van der Waals surface area contributed by atoms with Gasteiger partial charge in [-0.05, 0) is 68.7 Å². The highest BCUT2D eigenvalue weighted by molar-refractivity contribution is 6.03. The third-order valence-corrected chi connectivity index (χ3v) is 5.95. The van der Waals surface area contributed by atoms with Crippen molar-refractivity contribution >= 4 is 28.9 Å². The third kappa shape index (κ3) is 5.09. The highest BCUT2D eigenvalue weighted by Crippen LogP contribution is 2.28. The van der Waals surface area contributed by atoms with Crippen molar-refractivity contribution in [1.82, 2.24) is 10.2 Å². The van der Waals surface area contributed by atoms with Crippen molar-refractivity contribution in [2.24, 2.45) is 5.73 Å². The Balaban J connectivity index is 1.47. The number of benzene rings is 2. The molecule has 2 atom stereocenters. The number of hydrogen-bond donors (Lipinski definition) is 5. The lowest BCUT2D eigenvalue weighted by molar-refractivity contribution is -0.00521. The van der Waals surface area contributed by atoms with Crippen LogP contribution in [0.15, 0.2) is 36.4 Å². The van der Waals surface area contributed by atoms with Crippen molar-refractivity contribution in [2.45, 2.75) is 46.4 Å². The summed E-state index contributed by atoms with van der Waals surface area (Å²) < 4.78 is 5.82. The number of carbonyl (C=O) groups is 1. The zero-order valence-electron chi connectivity index (χ0n) is 20.0. The number of rotatable bonds is 7. The van der Waals surface area contributed by atoms with Gasteiger partial charge in [-0.1, -0.05) is 12.1 Å². The number of hydrogen-bond acceptors (Lipinski definition) is 7. The van der Waals surface area contributed by atoms with E-state index in [1.54, 1.807) is 0 Å². The van der Waals surface area contributed by atoms with Crippen LogP contribution in [0, 0.1) is 13.8 Å². The number of carbonyl (C=O) groups excluding carboxylic acids is 1. The fourth-order valence-corrected chi connectivity index (χ4v) is 4.42. The fourth-order valence-electron chi connectivity index (χ4n) is 4.42. The topological polar surface area (TPSA) is 129 Å². The second kappa shape index (κ2) is 9.64. The molecule has 0 radical (unpaired) electrons. The minimum atomic E-state index is -0.593. The molecule has 0 aliphatic carbocycles. The van der Waals surface area contributed by atoms with E-state index in [2.05, 4.69) is 39.6 Å². The first-order valence-corrected chi connectivity index (χ1v) is 11.4. The Kier molecular flexibility index (Phi) is 6.65. The molecular formula is C25H32N6O3. The third-order valence-electron chi connectivity index (χ3n) is 5.95. The lowest BCUT2D eigenvalue weighted by Gasteiger charge is -2.36. The van der Waals surface area contributed by atoms with Gasteiger partial charge >= 0.3 is 0 Å². The summed E-state index contributed by atoms with van der Waals surface area (Å²) in [7, 11) is 0. The van der Waals surface area contributed by atoms with Crippen molar-refractivity contribution in [3.63, 3.8) is 0 Å². The van der Waals surface area contributed by atoms with E-state index in [4.69, 9.17) is 10.5 Å². The maximum Gasteiger partial charge on any atom is 0.256 e. The zero-order valence-corrected chi connectivity index (χ0v) is 20.0. The van der Waals surface area contributed by atoms with E-state index in [1.165, 1.54) is 0 Å². The molecule has 1 aliphatic rings. The quantitative estimate of drug-likeness (QED) is 0.360. The summed E-state index contributed by atoms with van der Waals surface area (Å²) in [6, 6.07) is 11.8. The van der Waals surface area contributed by atoms with E-state index < -0.39 is 5.91 Å². The van der Waals surface area contributed by atoms with Gasteiger partial charge in [0.1, 0.15) is 17.1 Å². The molecule has 2 heterocycles. The number of primary amides is 1. The fraction of sp³-hybridized carbons (Fsp3) is 0.360. The van der Waals surface area contributed by atoms with Gasteiger partial charge in [0.2, 0.25) is 0 Å². The molecule has 34 heavy (non-hydrogen) atoms. The molecule has 0 unspecified atom stereocenters. The second-order valence-corrected chi connectivity index (χ2v) is 8.95. The molecule has 0 bridgehead atoms. The van der Waals surface area contributed by atoms with Crippen molar-refractivity contribution in [2.75, 3.05) is 28.6 Å². The molecule has 9 nitrogen and oxygen atoms in total. The zero-order chi connectivity index (χ0) is 24.4. The van der Waals surface area contributed by atoms with Crippen LogP contribution in [0.25, 0.3) is 0 Å². The first kappa shape index (κ1) is 23.4. The molecule has 1 saturated heterocycles. The van der Waals surface area contributed by atoms with Crippen LogP contribution in [0.3, 0.4) is 0 Å². The highest BCUT2D eigenvalue weighted by Gasteiger charge is 2.23. The van der Waals surface area contributed by atoms with Crippen LogP contribution in [0.4, 0.5) is 23.0 Å². The highest BCUT2D eigenvalue weighted by atomic mass is 16.5. The second-order valence-electron chi connectivity index (χ2n) is 8.95. The van der Waals surface area contributed by atoms with Crippen LogP contribution in [0.2, 0.25) is 0 Å². The smallest absolute Gasteiger partial charge is 0.256 e. The van der Waals surface area contributed by atoms with Gasteiger partial charge in [-0.3, -0.25) is 9.89 Å². The SMILES string of the molecule is Cc1cc(CNc2[nH]nc(Nc3ccc(N4C[C@@H](C)O[C@@H](C)C4)cc3)c2C(N)=O)cc(C)c1O. The van der Waals surface area contributed by atoms with Gasteiger partial charge in [0.15, 0.2) is 5.82 Å². The number of nitrogens with zero attached hydrogens (tertiary/aromatic N) is 2. The number of nitrogens with one attached hydrogen (secondary N) is 3. The Labute approximate surface area is 199 Å². The van der Waals surface area contributed by atoms with Crippen LogP contribution in [-0.4, -0.2) is 46.5 Å². The normalized spacial score (nSPS) is 18.1. The lowest BCUT2D eigenvalue weighted by atomic mass is 10.1. The summed E-state index contributed by atoms with van der Waals surface area (Å²) >= 11 is 0. The Hall–Kier alpha value is -3.72. The molecule has 4 rings (SSSR count). The van der Waals surface area contributed by atoms with E-state index in [0.29, 0.717) is 23.9 Å². The van der Waals surface area contributed by atoms with Gasteiger partial charge in [-0.2, -0.15) is 5.10 Å². The van der Waals surface area contributed by atoms with Crippen molar-refractivity contribution in [3.05, 3.63) is 58.7 Å². The molecule has 6 N–H and O–H groups in total. The maximum atomic E-state index is 12.2. The minimum absolute atomic E-state index is 0.184. The van der Waals surface area contributed by atoms with Gasteiger partial charge in [0, 0.05) is 31.0 Å². The minimum Gasteiger partial charge on any atom is -0.507 e. The summed E-state index contributed by atoms with van der Waals surface area (Å²) in [6.07, 6.45) is 0.369. The van der Waals surface area contributed by atoms with E-state index in [9.17, 15) is 9.90 Å². The molecule has 0 saturated carbocycles. The number of phenols is 1. The lowest BCUT2D eigenvalue weighted by Crippen LogP contribution is -2.45. The summed E-state index contributed by atoms with van der Waals surface area (Å²) in [5, 5.41) is 23.5. The Morgan fingerprint density at radius 1 is 1.18 bits per heavy atom. The Bertz CT molecular complexity index is 1140. The molecule has 180 valence electrons. The number of morpholine rings is 1. The molecule has 1 aliphatic heterocycles. The number of aryl methyl sites for hydroxylation is 2. The number of amides is 1. The van der Waals surface area contributed by atoms with Gasteiger partial charge in [0.25, 0.3) is 5.91 Å². The predicted octanol–water partition coefficient (Wildman–Crippen LogP) is 3.80. The predicted molar refractivity (Wildman–Crippen MR) is 134 cm³/mol. The van der Waals surface area contributed by atoms with E-state index in [-0.39, 0.29) is 17.8 Å². The molecule has 1 amide bonds. The molecule has 3 aromatic rings. The van der Waals surface area contributed by atoms with Crippen molar-refractivity contribution in [3.8, 4) is 5.75 Å². The molecule has 1 fully saturated rings. The number of nitrogens with two attached hydrogens (primary N) is 1. The monoisotopic (exact) mass is 464 g/mol. The van der Waals surface area contributed by atoms with Crippen molar-refractivity contribution in [1.29, 1.82) is 0 Å². The number of aromatic nitrogens is 2. The van der Waals surface area contributed by atoms with Crippen LogP contribution >= 0.6 is 0 Å². The van der Waals surface area contributed by atoms with Gasteiger partial charge in [-0.25, -0.2) is 0 Å². The van der Waals surface area contributed by atoms with E-state index in [0.717, 1.165) is 41.2 Å². The van der Waals surface area contributed by atoms with Gasteiger partial charge in [-0.15, -0.1) is 0 Å². The summed E-state index contributed by atoms with van der Waals surface area (Å²) in [5.74, 6) is 0.490. The van der Waals surface area contributed by atoms with Crippen LogP contribution in [-0.2, 0) is 11.3 Å². The number of ether oxygens (including phenoxy) is 1. The van der Waals surface area contributed by atoms with Gasteiger partial charge in [0.05, 0.1) is 12.2 Å². The number of aromatic amines is 1. The summed E-state index contributed by atoms with van der Waals surface area (Å²) in [4.78, 5) is 14.5. The largest absolute Gasteiger partial charge is 0.507 e. The average Bonchev–Trinajstić information content (AvgIpc) is 3.18. The molecular weight excluding hydrogens is 432 g/mol.